The predicted octanol–water partition coefficient (Wildman–Crippen LogP) is 4.90. The molecule has 0 nitrogen and oxygen atoms in total. The molecule has 0 bridgehead atoms. The lowest BCUT2D eigenvalue weighted by atomic mass is 9.83. The zero-order valence-corrected chi connectivity index (χ0v) is 11.6. The molecule has 1 rings (SSSR count). The SMILES string of the molecule is CCCc1cc([C](C)C)cc(C(C)(C)C)c1. The molecule has 0 fully saturated rings. The molecule has 1 radical (unpaired) electrons. The number of hydrogen-bond donors (Lipinski definition) is 0. The van der Waals surface area contributed by atoms with Crippen LogP contribution in [0.4, 0.5) is 0 Å². The van der Waals surface area contributed by atoms with Crippen LogP contribution in [-0.2, 0) is 11.8 Å². The highest BCUT2D eigenvalue weighted by molar-refractivity contribution is 5.39. The molecule has 0 aliphatic heterocycles. The van der Waals surface area contributed by atoms with Crippen molar-refractivity contribution >= 4 is 0 Å². The maximum Gasteiger partial charge on any atom is -0.00118 e. The van der Waals surface area contributed by atoms with Gasteiger partial charge in [-0.25, -0.2) is 0 Å². The number of benzene rings is 1. The Kier molecular flexibility index (Phi) is 4.18. The van der Waals surface area contributed by atoms with Crippen LogP contribution < -0.4 is 0 Å². The minimum Gasteiger partial charge on any atom is -0.0651 e. The molecule has 16 heavy (non-hydrogen) atoms. The van der Waals surface area contributed by atoms with Crippen molar-refractivity contribution in [1.82, 2.24) is 0 Å². The fourth-order valence-corrected chi connectivity index (χ4v) is 1.85. The summed E-state index contributed by atoms with van der Waals surface area (Å²) in [7, 11) is 0. The van der Waals surface area contributed by atoms with Crippen molar-refractivity contribution < 1.29 is 0 Å². The minimum atomic E-state index is 0.244. The Labute approximate surface area is 101 Å². The highest BCUT2D eigenvalue weighted by atomic mass is 14.2. The van der Waals surface area contributed by atoms with Gasteiger partial charge in [0.15, 0.2) is 0 Å². The van der Waals surface area contributed by atoms with Crippen LogP contribution in [0.3, 0.4) is 0 Å². The molecule has 0 amide bonds. The molecular formula is C16H25. The van der Waals surface area contributed by atoms with Crippen LogP contribution in [0.1, 0.15) is 64.7 Å². The van der Waals surface area contributed by atoms with E-state index in [0.717, 1.165) is 0 Å². The largest absolute Gasteiger partial charge is 0.0651 e. The Morgan fingerprint density at radius 1 is 1.06 bits per heavy atom. The van der Waals surface area contributed by atoms with E-state index < -0.39 is 0 Å². The van der Waals surface area contributed by atoms with E-state index in [4.69, 9.17) is 0 Å². The molecule has 0 N–H and O–H groups in total. The van der Waals surface area contributed by atoms with E-state index in [0.29, 0.717) is 0 Å². The summed E-state index contributed by atoms with van der Waals surface area (Å²) in [4.78, 5) is 0. The topological polar surface area (TPSA) is 0 Å². The molecule has 0 heteroatoms. The third-order valence-corrected chi connectivity index (χ3v) is 2.97. The van der Waals surface area contributed by atoms with Gasteiger partial charge in [-0.3, -0.25) is 0 Å². The van der Waals surface area contributed by atoms with E-state index in [2.05, 4.69) is 59.7 Å². The van der Waals surface area contributed by atoms with Crippen molar-refractivity contribution in [2.75, 3.05) is 0 Å². The first-order valence-electron chi connectivity index (χ1n) is 6.29. The van der Waals surface area contributed by atoms with E-state index in [1.165, 1.54) is 35.4 Å². The third kappa shape index (κ3) is 3.37. The van der Waals surface area contributed by atoms with Crippen molar-refractivity contribution in [1.29, 1.82) is 0 Å². The summed E-state index contributed by atoms with van der Waals surface area (Å²) in [6.07, 6.45) is 2.40. The van der Waals surface area contributed by atoms with E-state index in [-0.39, 0.29) is 5.41 Å². The molecule has 0 atom stereocenters. The fraction of sp³-hybridized carbons (Fsp3) is 0.562. The minimum absolute atomic E-state index is 0.244. The zero-order chi connectivity index (χ0) is 12.3. The lowest BCUT2D eigenvalue weighted by Crippen LogP contribution is -2.12. The Morgan fingerprint density at radius 2 is 1.69 bits per heavy atom. The summed E-state index contributed by atoms with van der Waals surface area (Å²) in [5, 5.41) is 0. The lowest BCUT2D eigenvalue weighted by Gasteiger charge is -2.22. The highest BCUT2D eigenvalue weighted by Gasteiger charge is 2.16. The van der Waals surface area contributed by atoms with E-state index in [9.17, 15) is 0 Å². The Morgan fingerprint density at radius 3 is 2.12 bits per heavy atom. The van der Waals surface area contributed by atoms with Crippen molar-refractivity contribution in [3.05, 3.63) is 40.8 Å². The molecule has 1 aromatic carbocycles. The van der Waals surface area contributed by atoms with Crippen molar-refractivity contribution in [3.8, 4) is 0 Å². The second kappa shape index (κ2) is 5.03. The van der Waals surface area contributed by atoms with Gasteiger partial charge in [-0.1, -0.05) is 66.2 Å². The van der Waals surface area contributed by atoms with Gasteiger partial charge in [0, 0.05) is 0 Å². The normalized spacial score (nSPS) is 12.2. The van der Waals surface area contributed by atoms with E-state index >= 15 is 0 Å². The van der Waals surface area contributed by atoms with Crippen LogP contribution in [0.2, 0.25) is 0 Å². The van der Waals surface area contributed by atoms with Gasteiger partial charge in [0.2, 0.25) is 0 Å². The molecular weight excluding hydrogens is 192 g/mol. The number of rotatable bonds is 3. The maximum absolute atomic E-state index is 2.37. The summed E-state index contributed by atoms with van der Waals surface area (Å²) in [5.41, 5.74) is 4.57. The van der Waals surface area contributed by atoms with E-state index in [1.807, 2.05) is 0 Å². The maximum atomic E-state index is 2.37. The van der Waals surface area contributed by atoms with Crippen molar-refractivity contribution in [3.63, 3.8) is 0 Å². The van der Waals surface area contributed by atoms with Crippen LogP contribution >= 0.6 is 0 Å². The second-order valence-electron chi connectivity index (χ2n) is 5.92. The van der Waals surface area contributed by atoms with Gasteiger partial charge >= 0.3 is 0 Å². The molecule has 0 saturated carbocycles. The van der Waals surface area contributed by atoms with Crippen LogP contribution in [0, 0.1) is 5.92 Å². The van der Waals surface area contributed by atoms with Crippen molar-refractivity contribution in [2.24, 2.45) is 0 Å². The molecule has 89 valence electrons. The van der Waals surface area contributed by atoms with E-state index in [1.54, 1.807) is 0 Å². The first-order chi connectivity index (χ1) is 7.34. The second-order valence-corrected chi connectivity index (χ2v) is 5.92. The summed E-state index contributed by atoms with van der Waals surface area (Å²) < 4.78 is 0. The van der Waals surface area contributed by atoms with Crippen LogP contribution in [-0.4, -0.2) is 0 Å². The Balaban J connectivity index is 3.19. The van der Waals surface area contributed by atoms with Gasteiger partial charge < -0.3 is 0 Å². The van der Waals surface area contributed by atoms with Gasteiger partial charge in [0.05, 0.1) is 0 Å². The predicted molar refractivity (Wildman–Crippen MR) is 72.8 cm³/mol. The average Bonchev–Trinajstić information content (AvgIpc) is 2.16. The quantitative estimate of drug-likeness (QED) is 0.675. The molecule has 0 aliphatic carbocycles. The molecule has 0 saturated heterocycles. The van der Waals surface area contributed by atoms with Crippen LogP contribution in [0.5, 0.6) is 0 Å². The lowest BCUT2D eigenvalue weighted by molar-refractivity contribution is 0.588. The Bertz CT molecular complexity index is 340. The molecule has 0 aliphatic rings. The molecule has 0 heterocycles. The highest BCUT2D eigenvalue weighted by Crippen LogP contribution is 2.27. The summed E-state index contributed by atoms with van der Waals surface area (Å²) in [5.74, 6) is 1.41. The first kappa shape index (κ1) is 13.3. The van der Waals surface area contributed by atoms with Gasteiger partial charge in [-0.05, 0) is 34.4 Å². The monoisotopic (exact) mass is 217 g/mol. The Hall–Kier alpha value is -0.780. The van der Waals surface area contributed by atoms with Crippen LogP contribution in [0.25, 0.3) is 0 Å². The summed E-state index contributed by atoms with van der Waals surface area (Å²) in [6.45, 7) is 13.5. The zero-order valence-electron chi connectivity index (χ0n) is 11.6. The summed E-state index contributed by atoms with van der Waals surface area (Å²) in [6, 6.07) is 7.05. The standard InChI is InChI=1S/C16H25/c1-7-8-13-9-14(12(2)3)11-15(10-13)16(4,5)6/h9-11H,7-8H2,1-6H3. The number of aryl methyl sites for hydroxylation is 1. The smallest absolute Gasteiger partial charge is 0.00118 e. The molecule has 0 unspecified atom stereocenters. The van der Waals surface area contributed by atoms with Crippen molar-refractivity contribution in [2.45, 2.75) is 59.8 Å². The summed E-state index contributed by atoms with van der Waals surface area (Å²) >= 11 is 0. The first-order valence-corrected chi connectivity index (χ1v) is 6.29. The average molecular weight is 217 g/mol. The molecule has 1 aromatic rings. The number of hydrogen-bond acceptors (Lipinski definition) is 0. The third-order valence-electron chi connectivity index (χ3n) is 2.97. The van der Waals surface area contributed by atoms with Gasteiger partial charge in [-0.15, -0.1) is 0 Å². The molecule has 0 spiro atoms. The van der Waals surface area contributed by atoms with Crippen LogP contribution in [0.15, 0.2) is 18.2 Å². The van der Waals surface area contributed by atoms with Gasteiger partial charge in [0.25, 0.3) is 0 Å². The van der Waals surface area contributed by atoms with Gasteiger partial charge in [-0.2, -0.15) is 0 Å². The fourth-order valence-electron chi connectivity index (χ4n) is 1.85. The van der Waals surface area contributed by atoms with Gasteiger partial charge in [0.1, 0.15) is 0 Å². The molecule has 0 aromatic heterocycles.